The Kier molecular flexibility index (Phi) is 2.44. The molecule has 5 nitrogen and oxygen atoms in total. The maximum Gasteiger partial charge on any atom is 0.297 e. The van der Waals surface area contributed by atoms with Gasteiger partial charge in [-0.3, -0.25) is 14.4 Å². The molecule has 2 N–H and O–H groups in total. The second-order valence-corrected chi connectivity index (χ2v) is 3.57. The second kappa shape index (κ2) is 3.77. The van der Waals surface area contributed by atoms with Crippen molar-refractivity contribution < 1.29 is 14.4 Å². The SMILES string of the molecule is Nc1ccc2c(c1)CCC(=O)N2C(=O)C=O. The van der Waals surface area contributed by atoms with Crippen LogP contribution in [0.25, 0.3) is 0 Å². The maximum absolute atomic E-state index is 11.6. The Bertz CT molecular complexity index is 482. The zero-order valence-corrected chi connectivity index (χ0v) is 8.47. The second-order valence-electron chi connectivity index (χ2n) is 3.57. The molecule has 0 saturated carbocycles. The Morgan fingerprint density at radius 1 is 1.38 bits per heavy atom. The van der Waals surface area contributed by atoms with E-state index in [0.717, 1.165) is 10.5 Å². The lowest BCUT2D eigenvalue weighted by Gasteiger charge is -2.26. The molecule has 0 unspecified atom stereocenters. The van der Waals surface area contributed by atoms with E-state index >= 15 is 0 Å². The van der Waals surface area contributed by atoms with Crippen LogP contribution in [0.2, 0.25) is 0 Å². The third-order valence-electron chi connectivity index (χ3n) is 2.52. The Labute approximate surface area is 91.8 Å². The number of hydrogen-bond acceptors (Lipinski definition) is 4. The molecule has 0 saturated heterocycles. The van der Waals surface area contributed by atoms with E-state index in [0.29, 0.717) is 17.8 Å². The number of hydrogen-bond donors (Lipinski definition) is 1. The van der Waals surface area contributed by atoms with Gasteiger partial charge in [-0.15, -0.1) is 0 Å². The topological polar surface area (TPSA) is 80.5 Å². The van der Waals surface area contributed by atoms with Crippen molar-refractivity contribution in [3.05, 3.63) is 23.8 Å². The van der Waals surface area contributed by atoms with Crippen molar-refractivity contribution in [3.8, 4) is 0 Å². The summed E-state index contributed by atoms with van der Waals surface area (Å²) in [6, 6.07) is 4.90. The van der Waals surface area contributed by atoms with E-state index in [9.17, 15) is 14.4 Å². The van der Waals surface area contributed by atoms with E-state index in [4.69, 9.17) is 5.73 Å². The highest BCUT2D eigenvalue weighted by atomic mass is 16.2. The Morgan fingerprint density at radius 2 is 2.12 bits per heavy atom. The van der Waals surface area contributed by atoms with Crippen molar-refractivity contribution in [2.24, 2.45) is 0 Å². The molecular weight excluding hydrogens is 208 g/mol. The molecule has 1 aliphatic heterocycles. The lowest BCUT2D eigenvalue weighted by atomic mass is 10.0. The summed E-state index contributed by atoms with van der Waals surface area (Å²) in [7, 11) is 0. The summed E-state index contributed by atoms with van der Waals surface area (Å²) in [6.07, 6.45) is 0.904. The highest BCUT2D eigenvalue weighted by Crippen LogP contribution is 2.29. The Morgan fingerprint density at radius 3 is 2.81 bits per heavy atom. The summed E-state index contributed by atoms with van der Waals surface area (Å²) < 4.78 is 0. The number of imide groups is 1. The average Bonchev–Trinajstić information content (AvgIpc) is 2.28. The van der Waals surface area contributed by atoms with Crippen LogP contribution in [0.15, 0.2) is 18.2 Å². The van der Waals surface area contributed by atoms with Crippen LogP contribution in [-0.4, -0.2) is 18.1 Å². The van der Waals surface area contributed by atoms with E-state index in [1.807, 2.05) is 0 Å². The number of carbonyl (C=O) groups excluding carboxylic acids is 3. The highest BCUT2D eigenvalue weighted by Gasteiger charge is 2.28. The molecule has 0 spiro atoms. The molecule has 0 fully saturated rings. The number of carbonyl (C=O) groups is 3. The summed E-state index contributed by atoms with van der Waals surface area (Å²) in [4.78, 5) is 34.3. The first-order valence-corrected chi connectivity index (χ1v) is 4.84. The fourth-order valence-electron chi connectivity index (χ4n) is 1.81. The molecule has 0 bridgehead atoms. The fraction of sp³-hybridized carbons (Fsp3) is 0.182. The average molecular weight is 218 g/mol. The van der Waals surface area contributed by atoms with Gasteiger partial charge in [0.25, 0.3) is 5.91 Å². The van der Waals surface area contributed by atoms with Crippen molar-refractivity contribution in [3.63, 3.8) is 0 Å². The number of aryl methyl sites for hydroxylation is 1. The van der Waals surface area contributed by atoms with E-state index in [-0.39, 0.29) is 18.6 Å². The minimum Gasteiger partial charge on any atom is -0.399 e. The number of fused-ring (bicyclic) bond motifs is 1. The van der Waals surface area contributed by atoms with Crippen LogP contribution in [0, 0.1) is 0 Å². The third kappa shape index (κ3) is 1.56. The molecule has 82 valence electrons. The quantitative estimate of drug-likeness (QED) is 0.417. The zero-order chi connectivity index (χ0) is 11.7. The molecule has 5 heteroatoms. The fourth-order valence-corrected chi connectivity index (χ4v) is 1.81. The van der Waals surface area contributed by atoms with E-state index in [1.54, 1.807) is 18.2 Å². The first-order chi connectivity index (χ1) is 7.63. The number of rotatable bonds is 1. The Hall–Kier alpha value is -2.17. The standard InChI is InChI=1S/C11H10N2O3/c12-8-2-3-9-7(5-8)1-4-10(15)13(9)11(16)6-14/h2-3,5-6H,1,4,12H2. The molecule has 0 aromatic heterocycles. The number of aldehydes is 1. The van der Waals surface area contributed by atoms with E-state index in [2.05, 4.69) is 0 Å². The van der Waals surface area contributed by atoms with Gasteiger partial charge in [-0.25, -0.2) is 4.90 Å². The molecule has 2 amide bonds. The molecule has 2 rings (SSSR count). The van der Waals surface area contributed by atoms with E-state index in [1.165, 1.54) is 0 Å². The molecule has 1 heterocycles. The minimum atomic E-state index is -0.837. The van der Waals surface area contributed by atoms with Gasteiger partial charge in [0.05, 0.1) is 5.69 Å². The molecule has 16 heavy (non-hydrogen) atoms. The van der Waals surface area contributed by atoms with Crippen LogP contribution < -0.4 is 10.6 Å². The normalized spacial score (nSPS) is 14.5. The van der Waals surface area contributed by atoms with Gasteiger partial charge in [0.2, 0.25) is 12.2 Å². The van der Waals surface area contributed by atoms with Crippen LogP contribution in [0.5, 0.6) is 0 Å². The molecule has 1 aromatic rings. The number of amides is 2. The summed E-state index contributed by atoms with van der Waals surface area (Å²) in [5, 5.41) is 0. The van der Waals surface area contributed by atoms with Crippen LogP contribution >= 0.6 is 0 Å². The van der Waals surface area contributed by atoms with Crippen molar-refractivity contribution in [1.82, 2.24) is 0 Å². The molecule has 1 aliphatic rings. The molecular formula is C11H10N2O3. The van der Waals surface area contributed by atoms with Crippen molar-refractivity contribution in [1.29, 1.82) is 0 Å². The summed E-state index contributed by atoms with van der Waals surface area (Å²) in [5.74, 6) is -1.19. The maximum atomic E-state index is 11.6. The van der Waals surface area contributed by atoms with E-state index < -0.39 is 5.91 Å². The van der Waals surface area contributed by atoms with Gasteiger partial charge < -0.3 is 5.73 Å². The first kappa shape index (κ1) is 10.4. The highest BCUT2D eigenvalue weighted by molar-refractivity contribution is 6.38. The van der Waals surface area contributed by atoms with Gasteiger partial charge in [0.15, 0.2) is 0 Å². The summed E-state index contributed by atoms with van der Waals surface area (Å²) in [6.45, 7) is 0. The summed E-state index contributed by atoms with van der Waals surface area (Å²) in [5.41, 5.74) is 7.46. The van der Waals surface area contributed by atoms with Gasteiger partial charge in [-0.05, 0) is 30.2 Å². The van der Waals surface area contributed by atoms with Crippen LogP contribution in [-0.2, 0) is 20.8 Å². The number of nitrogens with two attached hydrogens (primary N) is 1. The minimum absolute atomic E-state index is 0.142. The number of nitrogens with zero attached hydrogens (tertiary/aromatic N) is 1. The lowest BCUT2D eigenvalue weighted by molar-refractivity contribution is -0.133. The summed E-state index contributed by atoms with van der Waals surface area (Å²) >= 11 is 0. The molecule has 1 aromatic carbocycles. The van der Waals surface area contributed by atoms with Crippen LogP contribution in [0.3, 0.4) is 0 Å². The van der Waals surface area contributed by atoms with Crippen LogP contribution in [0.1, 0.15) is 12.0 Å². The smallest absolute Gasteiger partial charge is 0.297 e. The van der Waals surface area contributed by atoms with Crippen LogP contribution in [0.4, 0.5) is 11.4 Å². The molecule has 0 radical (unpaired) electrons. The predicted octanol–water partition coefficient (Wildman–Crippen LogP) is 0.273. The molecule has 0 atom stereocenters. The van der Waals surface area contributed by atoms with Gasteiger partial charge in [-0.1, -0.05) is 0 Å². The van der Waals surface area contributed by atoms with Crippen molar-refractivity contribution >= 4 is 29.5 Å². The van der Waals surface area contributed by atoms with Gasteiger partial charge in [0, 0.05) is 12.1 Å². The van der Waals surface area contributed by atoms with Crippen molar-refractivity contribution in [2.75, 3.05) is 10.6 Å². The largest absolute Gasteiger partial charge is 0.399 e. The predicted molar refractivity (Wildman–Crippen MR) is 57.7 cm³/mol. The van der Waals surface area contributed by atoms with Gasteiger partial charge in [0.1, 0.15) is 0 Å². The Balaban J connectivity index is 2.52. The third-order valence-corrected chi connectivity index (χ3v) is 2.52. The van der Waals surface area contributed by atoms with Crippen molar-refractivity contribution in [2.45, 2.75) is 12.8 Å². The van der Waals surface area contributed by atoms with Gasteiger partial charge >= 0.3 is 0 Å². The number of benzene rings is 1. The number of nitrogen functional groups attached to an aromatic ring is 1. The lowest BCUT2D eigenvalue weighted by Crippen LogP contribution is -2.40. The van der Waals surface area contributed by atoms with Gasteiger partial charge in [-0.2, -0.15) is 0 Å². The first-order valence-electron chi connectivity index (χ1n) is 4.84. The zero-order valence-electron chi connectivity index (χ0n) is 8.47. The monoisotopic (exact) mass is 218 g/mol. The number of anilines is 2. The molecule has 0 aliphatic carbocycles.